The van der Waals surface area contributed by atoms with Gasteiger partial charge in [0.25, 0.3) is 0 Å². The van der Waals surface area contributed by atoms with E-state index in [1.807, 2.05) is 19.0 Å². The molecule has 1 unspecified atom stereocenters. The molecule has 0 aromatic heterocycles. The first-order valence-electron chi connectivity index (χ1n) is 5.61. The zero-order chi connectivity index (χ0) is 13.9. The summed E-state index contributed by atoms with van der Waals surface area (Å²) in [5.74, 6) is -1.50. The number of carboxylic acid groups (broad SMARTS) is 1. The summed E-state index contributed by atoms with van der Waals surface area (Å²) >= 11 is 3.25. The predicted octanol–water partition coefficient (Wildman–Crippen LogP) is 2.88. The highest BCUT2D eigenvalue weighted by Crippen LogP contribution is 2.32. The Hall–Kier alpha value is -0.940. The van der Waals surface area contributed by atoms with Gasteiger partial charge in [0, 0.05) is 10.0 Å². The molecule has 0 fully saturated rings. The van der Waals surface area contributed by atoms with E-state index in [1.165, 1.54) is 6.07 Å². The second kappa shape index (κ2) is 5.80. The van der Waals surface area contributed by atoms with Crippen LogP contribution in [0.15, 0.2) is 22.7 Å². The molecule has 3 nitrogen and oxygen atoms in total. The average molecular weight is 318 g/mol. The summed E-state index contributed by atoms with van der Waals surface area (Å²) in [7, 11) is 3.72. The van der Waals surface area contributed by atoms with E-state index in [1.54, 1.807) is 19.1 Å². The molecule has 1 aromatic rings. The van der Waals surface area contributed by atoms with Gasteiger partial charge in [-0.25, -0.2) is 4.39 Å². The Kier molecular flexibility index (Phi) is 4.87. The maximum atomic E-state index is 13.9. The second-order valence-corrected chi connectivity index (χ2v) is 5.73. The molecular weight excluding hydrogens is 301 g/mol. The molecule has 0 aliphatic heterocycles. The molecule has 18 heavy (non-hydrogen) atoms. The van der Waals surface area contributed by atoms with Crippen molar-refractivity contribution >= 4 is 21.9 Å². The molecule has 0 radical (unpaired) electrons. The van der Waals surface area contributed by atoms with Gasteiger partial charge in [0.15, 0.2) is 0 Å². The van der Waals surface area contributed by atoms with Crippen molar-refractivity contribution in [3.63, 3.8) is 0 Å². The molecule has 1 aromatic carbocycles. The monoisotopic (exact) mass is 317 g/mol. The summed E-state index contributed by atoms with van der Waals surface area (Å²) in [6, 6.07) is 4.39. The van der Waals surface area contributed by atoms with Crippen LogP contribution in [-0.2, 0) is 10.2 Å². The van der Waals surface area contributed by atoms with E-state index < -0.39 is 17.2 Å². The largest absolute Gasteiger partial charge is 0.481 e. The minimum absolute atomic E-state index is 0.214. The number of hydrogen-bond donors (Lipinski definition) is 1. The minimum atomic E-state index is -1.22. The molecule has 0 saturated heterocycles. The Morgan fingerprint density at radius 2 is 2.11 bits per heavy atom. The Labute approximate surface area is 115 Å². The molecule has 0 aliphatic carbocycles. The summed E-state index contributed by atoms with van der Waals surface area (Å²) < 4.78 is 14.5. The third-order valence-corrected chi connectivity index (χ3v) is 3.55. The summed E-state index contributed by atoms with van der Waals surface area (Å²) in [5.41, 5.74) is -1.01. The molecule has 0 heterocycles. The standard InChI is InChI=1S/C13H17BrFNO2/c1-13(12(17)18,6-7-16(2)3)10-8-9(14)4-5-11(10)15/h4-5,8H,6-7H2,1-3H3,(H,17,18). The van der Waals surface area contributed by atoms with Crippen LogP contribution in [0.1, 0.15) is 18.9 Å². The first-order chi connectivity index (χ1) is 8.27. The second-order valence-electron chi connectivity index (χ2n) is 4.81. The van der Waals surface area contributed by atoms with Gasteiger partial charge < -0.3 is 10.0 Å². The van der Waals surface area contributed by atoms with Gasteiger partial charge in [-0.3, -0.25) is 4.79 Å². The SMILES string of the molecule is CN(C)CCC(C)(C(=O)O)c1cc(Br)ccc1F. The van der Waals surface area contributed by atoms with Crippen molar-refractivity contribution in [2.75, 3.05) is 20.6 Å². The summed E-state index contributed by atoms with van der Waals surface area (Å²) in [6.45, 7) is 2.14. The van der Waals surface area contributed by atoms with E-state index in [4.69, 9.17) is 0 Å². The van der Waals surface area contributed by atoms with Crippen LogP contribution in [0.5, 0.6) is 0 Å². The third kappa shape index (κ3) is 3.29. The number of benzene rings is 1. The lowest BCUT2D eigenvalue weighted by Gasteiger charge is -2.27. The van der Waals surface area contributed by atoms with Gasteiger partial charge in [-0.05, 0) is 52.2 Å². The lowest BCUT2D eigenvalue weighted by molar-refractivity contribution is -0.143. The first kappa shape index (κ1) is 15.1. The number of hydrogen-bond acceptors (Lipinski definition) is 2. The predicted molar refractivity (Wildman–Crippen MR) is 72.3 cm³/mol. The summed E-state index contributed by atoms with van der Waals surface area (Å²) in [6.07, 6.45) is 0.350. The quantitative estimate of drug-likeness (QED) is 0.907. The normalized spacial score (nSPS) is 14.6. The fraction of sp³-hybridized carbons (Fsp3) is 0.462. The lowest BCUT2D eigenvalue weighted by atomic mass is 9.79. The average Bonchev–Trinajstić information content (AvgIpc) is 2.29. The van der Waals surface area contributed by atoms with Crippen LogP contribution in [0.25, 0.3) is 0 Å². The van der Waals surface area contributed by atoms with Gasteiger partial charge in [-0.2, -0.15) is 0 Å². The van der Waals surface area contributed by atoms with E-state index in [9.17, 15) is 14.3 Å². The van der Waals surface area contributed by atoms with Gasteiger partial charge in [-0.1, -0.05) is 15.9 Å². The first-order valence-corrected chi connectivity index (χ1v) is 6.40. The van der Waals surface area contributed by atoms with Crippen LogP contribution in [0.4, 0.5) is 4.39 Å². The number of carboxylic acids is 1. The molecule has 1 atom stereocenters. The molecule has 0 spiro atoms. The van der Waals surface area contributed by atoms with Crippen LogP contribution in [-0.4, -0.2) is 36.6 Å². The minimum Gasteiger partial charge on any atom is -0.481 e. The van der Waals surface area contributed by atoms with Crippen LogP contribution in [0, 0.1) is 5.82 Å². The van der Waals surface area contributed by atoms with Crippen molar-refractivity contribution < 1.29 is 14.3 Å². The molecule has 1 rings (SSSR count). The Morgan fingerprint density at radius 1 is 1.50 bits per heavy atom. The topological polar surface area (TPSA) is 40.5 Å². The number of halogens is 2. The highest BCUT2D eigenvalue weighted by atomic mass is 79.9. The molecule has 0 saturated carbocycles. The van der Waals surface area contributed by atoms with Gasteiger partial charge >= 0.3 is 5.97 Å². The van der Waals surface area contributed by atoms with Gasteiger partial charge in [0.1, 0.15) is 5.82 Å². The number of rotatable bonds is 5. The van der Waals surface area contributed by atoms with E-state index in [2.05, 4.69) is 15.9 Å². The number of nitrogens with zero attached hydrogens (tertiary/aromatic N) is 1. The fourth-order valence-corrected chi connectivity index (χ4v) is 2.09. The molecular formula is C13H17BrFNO2. The highest BCUT2D eigenvalue weighted by molar-refractivity contribution is 9.10. The van der Waals surface area contributed by atoms with Gasteiger partial charge in [0.05, 0.1) is 5.41 Å². The zero-order valence-corrected chi connectivity index (χ0v) is 12.3. The highest BCUT2D eigenvalue weighted by Gasteiger charge is 2.37. The summed E-state index contributed by atoms with van der Waals surface area (Å²) in [4.78, 5) is 13.4. The molecule has 0 aliphatic rings. The van der Waals surface area contributed by atoms with Crippen LogP contribution >= 0.6 is 15.9 Å². The maximum absolute atomic E-state index is 13.9. The smallest absolute Gasteiger partial charge is 0.313 e. The maximum Gasteiger partial charge on any atom is 0.313 e. The van der Waals surface area contributed by atoms with E-state index in [0.29, 0.717) is 17.4 Å². The van der Waals surface area contributed by atoms with E-state index in [0.717, 1.165) is 0 Å². The van der Waals surface area contributed by atoms with Crippen LogP contribution < -0.4 is 0 Å². The van der Waals surface area contributed by atoms with Crippen LogP contribution in [0.3, 0.4) is 0 Å². The van der Waals surface area contributed by atoms with Crippen molar-refractivity contribution in [3.05, 3.63) is 34.1 Å². The zero-order valence-electron chi connectivity index (χ0n) is 10.7. The molecule has 0 amide bonds. The fourth-order valence-electron chi connectivity index (χ4n) is 1.72. The molecule has 0 bridgehead atoms. The van der Waals surface area contributed by atoms with Crippen molar-refractivity contribution in [1.29, 1.82) is 0 Å². The molecule has 100 valence electrons. The van der Waals surface area contributed by atoms with Crippen molar-refractivity contribution in [3.8, 4) is 0 Å². The van der Waals surface area contributed by atoms with Gasteiger partial charge in [0.2, 0.25) is 0 Å². The van der Waals surface area contributed by atoms with Crippen molar-refractivity contribution in [2.45, 2.75) is 18.8 Å². The molecule has 1 N–H and O–H groups in total. The molecule has 5 heteroatoms. The summed E-state index contributed by atoms with van der Waals surface area (Å²) in [5, 5.41) is 9.41. The van der Waals surface area contributed by atoms with Gasteiger partial charge in [-0.15, -0.1) is 0 Å². The number of aliphatic carboxylic acids is 1. The Morgan fingerprint density at radius 3 is 2.61 bits per heavy atom. The van der Waals surface area contributed by atoms with Crippen molar-refractivity contribution in [2.24, 2.45) is 0 Å². The van der Waals surface area contributed by atoms with E-state index in [-0.39, 0.29) is 5.56 Å². The Balaban J connectivity index is 3.18. The lowest BCUT2D eigenvalue weighted by Crippen LogP contribution is -2.36. The van der Waals surface area contributed by atoms with Crippen molar-refractivity contribution in [1.82, 2.24) is 4.90 Å². The number of carbonyl (C=O) groups is 1. The van der Waals surface area contributed by atoms with E-state index >= 15 is 0 Å². The Bertz CT molecular complexity index is 451. The van der Waals surface area contributed by atoms with Crippen LogP contribution in [0.2, 0.25) is 0 Å². The third-order valence-electron chi connectivity index (χ3n) is 3.05.